The molecule has 0 saturated carbocycles. The van der Waals surface area contributed by atoms with E-state index in [4.69, 9.17) is 4.98 Å². The van der Waals surface area contributed by atoms with E-state index in [-0.39, 0.29) is 5.91 Å². The Bertz CT molecular complexity index is 2120. The first-order chi connectivity index (χ1) is 24.4. The number of nitrogens with zero attached hydrogens (tertiary/aromatic N) is 1. The molecular weight excluding hydrogens is 775 g/mol. The molecule has 0 aliphatic rings. The number of benzene rings is 6. The molecule has 6 aromatic carbocycles. The van der Waals surface area contributed by atoms with E-state index in [1.165, 1.54) is 24.9 Å². The maximum absolute atomic E-state index is 13.7. The molecule has 0 saturated heterocycles. The van der Waals surface area contributed by atoms with Crippen LogP contribution < -0.4 is 5.32 Å². The van der Waals surface area contributed by atoms with Crippen LogP contribution >= 0.6 is 0 Å². The van der Waals surface area contributed by atoms with Gasteiger partial charge in [0.2, 0.25) is 0 Å². The molecule has 0 radical (unpaired) electrons. The molecule has 50 heavy (non-hydrogen) atoms. The fourth-order valence-electron chi connectivity index (χ4n) is 6.35. The van der Waals surface area contributed by atoms with E-state index in [0.717, 1.165) is 38.8 Å². The topological polar surface area (TPSA) is 42.0 Å². The van der Waals surface area contributed by atoms with Crippen molar-refractivity contribution in [2.24, 2.45) is 0 Å². The average molecular weight is 819 g/mol. The second-order valence-electron chi connectivity index (χ2n) is 13.3. The van der Waals surface area contributed by atoms with Crippen LogP contribution in [0.15, 0.2) is 152 Å². The summed E-state index contributed by atoms with van der Waals surface area (Å²) >= 11 is -0.471. The van der Waals surface area contributed by atoms with Gasteiger partial charge < -0.3 is 5.32 Å². The summed E-state index contributed by atoms with van der Waals surface area (Å²) in [5.74, 6) is 0.466. The fourth-order valence-corrected chi connectivity index (χ4v) is 10.6. The van der Waals surface area contributed by atoms with E-state index in [1.54, 1.807) is 0 Å². The van der Waals surface area contributed by atoms with Crippen LogP contribution in [0.4, 0.5) is 5.69 Å². The van der Waals surface area contributed by atoms with Crippen molar-refractivity contribution >= 4 is 33.3 Å². The second kappa shape index (κ2) is 16.8. The molecule has 0 aliphatic carbocycles. The van der Waals surface area contributed by atoms with Crippen LogP contribution in [-0.2, 0) is 31.3 Å². The standard InChI is InChI=1S/C32H30N2O.2C7H7.Hf/c1-20(2)24-14-9-15-25(21(3)4)31(24)34-32(35)28-17-8-12-23-18-19-29(33-30(23)28)27-16-7-11-22-10-5-6-13-26(22)27;2*1-7-5-3-2-4-6-7;/h5-21H,1-4H3,(H,34,35);2*2-6H,1H2;. The van der Waals surface area contributed by atoms with Gasteiger partial charge in [-0.05, 0) is 45.9 Å². The summed E-state index contributed by atoms with van der Waals surface area (Å²) in [7, 11) is 0. The molecule has 1 aromatic heterocycles. The Morgan fingerprint density at radius 2 is 1.12 bits per heavy atom. The quantitative estimate of drug-likeness (QED) is 0.147. The maximum atomic E-state index is 13.7. The van der Waals surface area contributed by atoms with Gasteiger partial charge in [0, 0.05) is 16.6 Å². The molecule has 1 N–H and O–H groups in total. The monoisotopic (exact) mass is 820 g/mol. The Morgan fingerprint density at radius 3 is 1.76 bits per heavy atom. The third-order valence-corrected chi connectivity index (χ3v) is 13.7. The zero-order valence-corrected chi connectivity index (χ0v) is 33.0. The number of amides is 1. The molecule has 1 amide bonds. The molecule has 248 valence electrons. The Kier molecular flexibility index (Phi) is 11.8. The van der Waals surface area contributed by atoms with Crippen molar-refractivity contribution in [1.82, 2.24) is 4.98 Å². The molecule has 0 spiro atoms. The van der Waals surface area contributed by atoms with Crippen LogP contribution in [0.3, 0.4) is 0 Å². The minimum atomic E-state index is -0.471. The van der Waals surface area contributed by atoms with Crippen LogP contribution in [0.5, 0.6) is 0 Å². The number of carbonyl (C=O) groups excluding carboxylic acids is 1. The molecule has 1 heterocycles. The van der Waals surface area contributed by atoms with Crippen molar-refractivity contribution in [2.45, 2.75) is 47.9 Å². The molecular formula is C46H44HfN2O. The van der Waals surface area contributed by atoms with Gasteiger partial charge in [0.1, 0.15) is 0 Å². The van der Waals surface area contributed by atoms with Gasteiger partial charge >= 0.3 is 103 Å². The summed E-state index contributed by atoms with van der Waals surface area (Å²) in [5.41, 5.74) is 9.48. The summed E-state index contributed by atoms with van der Waals surface area (Å²) in [6, 6.07) is 52.5. The van der Waals surface area contributed by atoms with Crippen LogP contribution in [0.25, 0.3) is 32.9 Å². The number of para-hydroxylation sites is 2. The summed E-state index contributed by atoms with van der Waals surface area (Å²) in [5, 5.41) is 6.53. The van der Waals surface area contributed by atoms with Gasteiger partial charge in [-0.15, -0.1) is 0 Å². The van der Waals surface area contributed by atoms with E-state index >= 15 is 0 Å². The number of hydrogen-bond donors (Lipinski definition) is 1. The zero-order valence-electron chi connectivity index (χ0n) is 29.4. The Hall–Kier alpha value is -4.67. The number of anilines is 1. The summed E-state index contributed by atoms with van der Waals surface area (Å²) < 4.78 is 2.74. The number of pyridine rings is 1. The van der Waals surface area contributed by atoms with Crippen molar-refractivity contribution in [3.8, 4) is 11.3 Å². The van der Waals surface area contributed by atoms with E-state index in [0.29, 0.717) is 22.9 Å². The molecule has 7 rings (SSSR count). The van der Waals surface area contributed by atoms with E-state index < -0.39 is 22.9 Å². The molecule has 3 nitrogen and oxygen atoms in total. The van der Waals surface area contributed by atoms with Crippen LogP contribution in [0.2, 0.25) is 0 Å². The van der Waals surface area contributed by atoms with Crippen LogP contribution in [0.1, 0.15) is 72.1 Å². The first-order valence-corrected chi connectivity index (χ1v) is 22.6. The van der Waals surface area contributed by atoms with Crippen molar-refractivity contribution in [3.05, 3.63) is 179 Å². The van der Waals surface area contributed by atoms with Gasteiger partial charge in [-0.2, -0.15) is 0 Å². The van der Waals surface area contributed by atoms with Crippen LogP contribution in [0, 0.1) is 0 Å². The summed E-state index contributed by atoms with van der Waals surface area (Å²) in [6.07, 6.45) is 0. The number of carbonyl (C=O) groups is 1. The van der Waals surface area contributed by atoms with Gasteiger partial charge in [-0.1, -0.05) is 107 Å². The van der Waals surface area contributed by atoms with Crippen molar-refractivity contribution in [1.29, 1.82) is 0 Å². The Morgan fingerprint density at radius 1 is 0.580 bits per heavy atom. The predicted octanol–water partition coefficient (Wildman–Crippen LogP) is 12.0. The minimum absolute atomic E-state index is 0.131. The van der Waals surface area contributed by atoms with Gasteiger partial charge in [0.05, 0.1) is 16.8 Å². The Balaban J connectivity index is 0.000000240. The molecule has 0 bridgehead atoms. The molecule has 0 unspecified atom stereocenters. The number of nitrogens with one attached hydrogen (secondary N) is 1. The van der Waals surface area contributed by atoms with Crippen molar-refractivity contribution in [3.63, 3.8) is 0 Å². The predicted molar refractivity (Wildman–Crippen MR) is 208 cm³/mol. The van der Waals surface area contributed by atoms with E-state index in [1.807, 2.05) is 36.4 Å². The fraction of sp³-hybridized carbons (Fsp3) is 0.174. The molecule has 0 atom stereocenters. The number of hydrogen-bond acceptors (Lipinski definition) is 2. The van der Waals surface area contributed by atoms with Crippen molar-refractivity contribution < 1.29 is 27.7 Å². The first kappa shape index (κ1) is 35.2. The number of aromatic nitrogens is 1. The third-order valence-electron chi connectivity index (χ3n) is 8.99. The number of fused-ring (bicyclic) bond motifs is 2. The SMILES string of the molecule is CC(C)c1cccc(C(C)C)c1NC(=O)c1cccc2ccc(-c3cccc4ccccc34)nc12.c1ccc([CH2][Hf][CH2]c2ccccc2)cc1. The zero-order chi connectivity index (χ0) is 34.9. The van der Waals surface area contributed by atoms with Crippen LogP contribution in [-0.4, -0.2) is 10.9 Å². The normalized spacial score (nSPS) is 11.0. The number of rotatable bonds is 9. The molecule has 4 heteroatoms. The summed E-state index contributed by atoms with van der Waals surface area (Å²) in [6.45, 7) is 8.63. The second-order valence-corrected chi connectivity index (χ2v) is 17.6. The van der Waals surface area contributed by atoms with Gasteiger partial charge in [0.15, 0.2) is 0 Å². The third kappa shape index (κ3) is 8.54. The first-order valence-electron chi connectivity index (χ1n) is 17.5. The van der Waals surface area contributed by atoms with Crippen molar-refractivity contribution in [2.75, 3.05) is 5.32 Å². The molecule has 7 aromatic rings. The van der Waals surface area contributed by atoms with Gasteiger partial charge in [0.25, 0.3) is 5.91 Å². The average Bonchev–Trinajstić information content (AvgIpc) is 3.15. The summed E-state index contributed by atoms with van der Waals surface area (Å²) in [4.78, 5) is 18.7. The Labute approximate surface area is 308 Å². The molecule has 0 fully saturated rings. The van der Waals surface area contributed by atoms with Gasteiger partial charge in [-0.3, -0.25) is 4.79 Å². The van der Waals surface area contributed by atoms with Gasteiger partial charge in [-0.25, -0.2) is 4.98 Å². The van der Waals surface area contributed by atoms with E-state index in [2.05, 4.69) is 148 Å². The molecule has 0 aliphatic heterocycles. The van der Waals surface area contributed by atoms with E-state index in [9.17, 15) is 4.79 Å².